The molecule has 0 atom stereocenters. The number of hydrogen-bond acceptors (Lipinski definition) is 4. The highest BCUT2D eigenvalue weighted by molar-refractivity contribution is 7.99. The second-order valence-electron chi connectivity index (χ2n) is 7.74. The molecule has 0 saturated heterocycles. The summed E-state index contributed by atoms with van der Waals surface area (Å²) in [7, 11) is 0. The Morgan fingerprint density at radius 2 is 1.79 bits per heavy atom. The van der Waals surface area contributed by atoms with Crippen molar-refractivity contribution >= 4 is 23.4 Å². The van der Waals surface area contributed by atoms with E-state index in [1.54, 1.807) is 6.08 Å². The Bertz CT molecular complexity index is 972. The van der Waals surface area contributed by atoms with Gasteiger partial charge in [0.25, 0.3) is 0 Å². The van der Waals surface area contributed by atoms with Gasteiger partial charge >= 0.3 is 0 Å². The molecule has 3 aromatic rings. The fourth-order valence-electron chi connectivity index (χ4n) is 2.87. The number of benzene rings is 2. The zero-order chi connectivity index (χ0) is 20.9. The molecule has 0 aliphatic rings. The molecule has 0 bridgehead atoms. The van der Waals surface area contributed by atoms with Crippen LogP contribution in [-0.2, 0) is 16.8 Å². The van der Waals surface area contributed by atoms with E-state index in [9.17, 15) is 4.79 Å². The van der Waals surface area contributed by atoms with Crippen molar-refractivity contribution in [3.05, 3.63) is 72.8 Å². The van der Waals surface area contributed by atoms with Gasteiger partial charge in [0.15, 0.2) is 11.0 Å². The van der Waals surface area contributed by atoms with Gasteiger partial charge in [0, 0.05) is 17.8 Å². The van der Waals surface area contributed by atoms with E-state index in [1.807, 2.05) is 47.0 Å². The van der Waals surface area contributed by atoms with E-state index in [-0.39, 0.29) is 17.1 Å². The number of carbonyl (C=O) groups is 1. The number of allylic oxidation sites excluding steroid dienone is 1. The Kier molecular flexibility index (Phi) is 6.54. The first kappa shape index (κ1) is 20.9. The lowest BCUT2D eigenvalue weighted by Gasteiger charge is -2.19. The number of anilines is 1. The zero-order valence-corrected chi connectivity index (χ0v) is 17.9. The standard InChI is InChI=1S/C23H26N4OS/c1-5-15-27-21(17-9-7-6-8-10-17)25-26-22(27)29-16-20(28)24-19-13-11-18(12-14-19)23(2,3)4/h5-14H,1,15-16H2,2-4H3,(H,24,28). The maximum absolute atomic E-state index is 12.4. The summed E-state index contributed by atoms with van der Waals surface area (Å²) >= 11 is 1.37. The topological polar surface area (TPSA) is 59.8 Å². The molecule has 0 saturated carbocycles. The summed E-state index contributed by atoms with van der Waals surface area (Å²) in [5.74, 6) is 0.949. The quantitative estimate of drug-likeness (QED) is 0.435. The second-order valence-corrected chi connectivity index (χ2v) is 8.68. The SMILES string of the molecule is C=CCn1c(SCC(=O)Nc2ccc(C(C)(C)C)cc2)nnc1-c1ccccc1. The van der Waals surface area contributed by atoms with Gasteiger partial charge in [0.2, 0.25) is 5.91 Å². The minimum Gasteiger partial charge on any atom is -0.325 e. The normalized spacial score (nSPS) is 11.3. The van der Waals surface area contributed by atoms with Gasteiger partial charge < -0.3 is 5.32 Å². The zero-order valence-electron chi connectivity index (χ0n) is 17.1. The van der Waals surface area contributed by atoms with Crippen LogP contribution in [-0.4, -0.2) is 26.4 Å². The molecule has 29 heavy (non-hydrogen) atoms. The Hall–Kier alpha value is -2.86. The van der Waals surface area contributed by atoms with Crippen LogP contribution in [0.5, 0.6) is 0 Å². The summed E-state index contributed by atoms with van der Waals surface area (Å²) in [6.07, 6.45) is 1.80. The molecule has 0 aliphatic carbocycles. The van der Waals surface area contributed by atoms with E-state index >= 15 is 0 Å². The third-order valence-corrected chi connectivity index (χ3v) is 5.39. The number of carbonyl (C=O) groups excluding carboxylic acids is 1. The molecule has 0 aliphatic heterocycles. The third-order valence-electron chi connectivity index (χ3n) is 4.43. The number of nitrogens with one attached hydrogen (secondary N) is 1. The number of amides is 1. The minimum absolute atomic E-state index is 0.0760. The van der Waals surface area contributed by atoms with Crippen molar-refractivity contribution in [1.82, 2.24) is 14.8 Å². The average Bonchev–Trinajstić information content (AvgIpc) is 3.10. The first-order valence-corrected chi connectivity index (χ1v) is 10.5. The average molecular weight is 407 g/mol. The van der Waals surface area contributed by atoms with Gasteiger partial charge in [0.1, 0.15) is 0 Å². The number of thioether (sulfide) groups is 1. The van der Waals surface area contributed by atoms with Gasteiger partial charge in [-0.1, -0.05) is 81.1 Å². The Morgan fingerprint density at radius 3 is 2.41 bits per heavy atom. The molecule has 0 fully saturated rings. The molecule has 150 valence electrons. The van der Waals surface area contributed by atoms with Crippen molar-refractivity contribution in [2.24, 2.45) is 0 Å². The maximum Gasteiger partial charge on any atom is 0.234 e. The predicted octanol–water partition coefficient (Wildman–Crippen LogP) is 5.16. The van der Waals surface area contributed by atoms with Crippen molar-refractivity contribution in [1.29, 1.82) is 0 Å². The van der Waals surface area contributed by atoms with Crippen LogP contribution in [0.15, 0.2) is 72.4 Å². The fraction of sp³-hybridized carbons (Fsp3) is 0.261. The Labute approximate surface area is 176 Å². The Morgan fingerprint density at radius 1 is 1.10 bits per heavy atom. The number of aromatic nitrogens is 3. The molecule has 1 amide bonds. The van der Waals surface area contributed by atoms with Gasteiger partial charge in [-0.25, -0.2) is 0 Å². The Balaban J connectivity index is 1.66. The van der Waals surface area contributed by atoms with Gasteiger partial charge in [-0.05, 0) is 23.1 Å². The van der Waals surface area contributed by atoms with Crippen LogP contribution in [0.3, 0.4) is 0 Å². The summed E-state index contributed by atoms with van der Waals surface area (Å²) in [5, 5.41) is 12.2. The molecule has 1 N–H and O–H groups in total. The summed E-state index contributed by atoms with van der Waals surface area (Å²) in [4.78, 5) is 12.4. The molecule has 0 spiro atoms. The summed E-state index contributed by atoms with van der Waals surface area (Å²) in [6.45, 7) is 10.9. The maximum atomic E-state index is 12.4. The van der Waals surface area contributed by atoms with Crippen LogP contribution in [0, 0.1) is 0 Å². The highest BCUT2D eigenvalue weighted by Crippen LogP contribution is 2.25. The molecular formula is C23H26N4OS. The number of hydrogen-bond donors (Lipinski definition) is 1. The van der Waals surface area contributed by atoms with Gasteiger partial charge in [0.05, 0.1) is 5.75 Å². The van der Waals surface area contributed by atoms with E-state index in [0.717, 1.165) is 17.1 Å². The molecule has 1 heterocycles. The number of rotatable bonds is 7. The molecule has 3 rings (SSSR count). The molecule has 2 aromatic carbocycles. The van der Waals surface area contributed by atoms with E-state index in [1.165, 1.54) is 17.3 Å². The third kappa shape index (κ3) is 5.35. The van der Waals surface area contributed by atoms with Crippen LogP contribution in [0.1, 0.15) is 26.3 Å². The van der Waals surface area contributed by atoms with Crippen molar-refractivity contribution in [2.45, 2.75) is 37.9 Å². The molecular weight excluding hydrogens is 380 g/mol. The molecule has 6 heteroatoms. The highest BCUT2D eigenvalue weighted by Gasteiger charge is 2.16. The number of nitrogens with zero attached hydrogens (tertiary/aromatic N) is 3. The van der Waals surface area contributed by atoms with Crippen LogP contribution in [0.25, 0.3) is 11.4 Å². The summed E-state index contributed by atoms with van der Waals surface area (Å²) in [5.41, 5.74) is 3.10. The lowest BCUT2D eigenvalue weighted by molar-refractivity contribution is -0.113. The lowest BCUT2D eigenvalue weighted by atomic mass is 9.87. The minimum atomic E-state index is -0.0760. The first-order chi connectivity index (χ1) is 13.9. The van der Waals surface area contributed by atoms with Crippen LogP contribution in [0.2, 0.25) is 0 Å². The summed E-state index contributed by atoms with van der Waals surface area (Å²) in [6, 6.07) is 17.9. The predicted molar refractivity (Wildman–Crippen MR) is 120 cm³/mol. The highest BCUT2D eigenvalue weighted by atomic mass is 32.2. The fourth-order valence-corrected chi connectivity index (χ4v) is 3.62. The molecule has 0 unspecified atom stereocenters. The smallest absolute Gasteiger partial charge is 0.234 e. The molecule has 0 radical (unpaired) electrons. The van der Waals surface area contributed by atoms with E-state index in [0.29, 0.717) is 11.7 Å². The van der Waals surface area contributed by atoms with Crippen molar-refractivity contribution in [3.8, 4) is 11.4 Å². The monoisotopic (exact) mass is 406 g/mol. The van der Waals surface area contributed by atoms with Crippen LogP contribution in [0.4, 0.5) is 5.69 Å². The van der Waals surface area contributed by atoms with Crippen molar-refractivity contribution < 1.29 is 4.79 Å². The van der Waals surface area contributed by atoms with E-state index < -0.39 is 0 Å². The molecule has 1 aromatic heterocycles. The molecule has 5 nitrogen and oxygen atoms in total. The van der Waals surface area contributed by atoms with E-state index in [2.05, 4.69) is 55.0 Å². The second kappa shape index (κ2) is 9.09. The largest absolute Gasteiger partial charge is 0.325 e. The van der Waals surface area contributed by atoms with E-state index in [4.69, 9.17) is 0 Å². The van der Waals surface area contributed by atoms with Crippen molar-refractivity contribution in [2.75, 3.05) is 11.1 Å². The summed E-state index contributed by atoms with van der Waals surface area (Å²) < 4.78 is 1.97. The van der Waals surface area contributed by atoms with Crippen LogP contribution < -0.4 is 5.32 Å². The van der Waals surface area contributed by atoms with Crippen LogP contribution >= 0.6 is 11.8 Å². The lowest BCUT2D eigenvalue weighted by Crippen LogP contribution is -2.15. The van der Waals surface area contributed by atoms with Gasteiger partial charge in [-0.3, -0.25) is 9.36 Å². The van der Waals surface area contributed by atoms with Gasteiger partial charge in [-0.2, -0.15) is 0 Å². The van der Waals surface area contributed by atoms with Gasteiger partial charge in [-0.15, -0.1) is 16.8 Å². The first-order valence-electron chi connectivity index (χ1n) is 9.51. The van der Waals surface area contributed by atoms with Crippen molar-refractivity contribution in [3.63, 3.8) is 0 Å².